The van der Waals surface area contributed by atoms with E-state index in [1.54, 1.807) is 0 Å². The molecule has 3 saturated heterocycles. The van der Waals surface area contributed by atoms with E-state index in [2.05, 4.69) is 89.1 Å². The maximum atomic E-state index is 15.4. The predicted molar refractivity (Wildman–Crippen MR) is 251 cm³/mol. The summed E-state index contributed by atoms with van der Waals surface area (Å²) in [5, 5.41) is 17.9. The van der Waals surface area contributed by atoms with Crippen molar-refractivity contribution in [2.24, 2.45) is 0 Å². The van der Waals surface area contributed by atoms with Gasteiger partial charge in [0.15, 0.2) is 5.82 Å². The number of nitrogens with zero attached hydrogens (tertiary/aromatic N) is 7. The van der Waals surface area contributed by atoms with Gasteiger partial charge < -0.3 is 14.7 Å². The summed E-state index contributed by atoms with van der Waals surface area (Å²) in [5.41, 5.74) is 8.20. The third kappa shape index (κ3) is 8.67. The van der Waals surface area contributed by atoms with Gasteiger partial charge in [-0.05, 0) is 104 Å². The van der Waals surface area contributed by atoms with Gasteiger partial charge >= 0.3 is 11.8 Å². The van der Waals surface area contributed by atoms with Crippen molar-refractivity contribution in [3.8, 4) is 22.4 Å². The highest BCUT2D eigenvalue weighted by molar-refractivity contribution is 6.23. The van der Waals surface area contributed by atoms with Crippen molar-refractivity contribution in [3.05, 3.63) is 118 Å². The van der Waals surface area contributed by atoms with E-state index in [4.69, 9.17) is 9.62 Å². The molecule has 0 spiro atoms. The summed E-state index contributed by atoms with van der Waals surface area (Å²) < 4.78 is 20.6. The van der Waals surface area contributed by atoms with Crippen molar-refractivity contribution in [2.75, 3.05) is 44.2 Å². The molecular weight excluding hydrogens is 868 g/mol. The standard InChI is InChI=1S/C51H53FN10O6/c1-29-23-32(5-6-33(29)27-53-46(65)47-55-50(58-68-47)51(2,3)4)44-39-24-31(9-12-41(39)56-57-44)30-7-10-35(11-8-30)60-19-21-61(22-20-60)36-15-17-59(18-16-36)28-34-25-37-38(26-40(34)52)49(67)62(48(37)66)42-13-14-43(63)54-45(42)64/h5-12,23-26,36,42H,13-22,27-28H2,1-4H3,(H,53,65)(H,56,57)(H,54,63,64). The monoisotopic (exact) mass is 920 g/mol. The Morgan fingerprint density at radius 3 is 2.22 bits per heavy atom. The first-order valence-corrected chi connectivity index (χ1v) is 23.2. The minimum absolute atomic E-state index is 0.0219. The highest BCUT2D eigenvalue weighted by Crippen LogP contribution is 2.34. The van der Waals surface area contributed by atoms with E-state index in [1.165, 1.54) is 11.8 Å². The number of hydrogen-bond donors (Lipinski definition) is 3. The Kier molecular flexibility index (Phi) is 11.7. The topological polar surface area (TPSA) is 190 Å². The van der Waals surface area contributed by atoms with Gasteiger partial charge in [0, 0.05) is 79.3 Å². The summed E-state index contributed by atoms with van der Waals surface area (Å²) in [4.78, 5) is 75.7. The smallest absolute Gasteiger partial charge is 0.315 e. The Bertz CT molecular complexity index is 2980. The van der Waals surface area contributed by atoms with E-state index in [-0.39, 0.29) is 35.3 Å². The van der Waals surface area contributed by atoms with Gasteiger partial charge in [0.25, 0.3) is 11.8 Å². The first-order chi connectivity index (χ1) is 32.7. The summed E-state index contributed by atoms with van der Waals surface area (Å²) in [5.74, 6) is -3.02. The molecule has 68 heavy (non-hydrogen) atoms. The lowest BCUT2D eigenvalue weighted by Crippen LogP contribution is -2.54. The molecule has 6 aromatic rings. The van der Waals surface area contributed by atoms with Crippen LogP contribution in [0.15, 0.2) is 77.3 Å². The number of piperazine rings is 1. The van der Waals surface area contributed by atoms with Gasteiger partial charge in [0.05, 0.1) is 22.3 Å². The second kappa shape index (κ2) is 17.8. The Balaban J connectivity index is 0.716. The second-order valence-corrected chi connectivity index (χ2v) is 19.3. The molecule has 0 saturated carbocycles. The number of amides is 5. The lowest BCUT2D eigenvalue weighted by Gasteiger charge is -2.43. The molecule has 17 heteroatoms. The summed E-state index contributed by atoms with van der Waals surface area (Å²) in [6.45, 7) is 13.8. The molecule has 0 aliphatic carbocycles. The van der Waals surface area contributed by atoms with Gasteiger partial charge in [-0.15, -0.1) is 0 Å². The van der Waals surface area contributed by atoms with Crippen molar-refractivity contribution >= 4 is 46.1 Å². The number of carbonyl (C=O) groups excluding carboxylic acids is 5. The first kappa shape index (κ1) is 44.7. The average molecular weight is 921 g/mol. The average Bonchev–Trinajstić information content (AvgIpc) is 4.06. The number of halogens is 1. The Morgan fingerprint density at radius 1 is 0.824 bits per heavy atom. The quantitative estimate of drug-likeness (QED) is 0.133. The zero-order chi connectivity index (χ0) is 47.4. The number of aromatic nitrogens is 4. The number of aromatic amines is 1. The number of hydrogen-bond acceptors (Lipinski definition) is 12. The number of likely N-dealkylation sites (tertiary alicyclic amines) is 1. The summed E-state index contributed by atoms with van der Waals surface area (Å²) in [6.07, 6.45) is 1.95. The number of fused-ring (bicyclic) bond motifs is 2. The SMILES string of the molecule is Cc1cc(-c2n[nH]c3ccc(-c4ccc(N5CCN(C6CCN(Cc7cc8c(cc7F)C(=O)N(C7CCC(=O)NC7=O)C8=O)CC6)CC5)cc4)cc23)ccc1CNC(=O)c1nc(C(C)(C)C)no1. The summed E-state index contributed by atoms with van der Waals surface area (Å²) in [7, 11) is 0. The predicted octanol–water partition coefficient (Wildman–Crippen LogP) is 6.14. The number of benzene rings is 4. The molecule has 3 fully saturated rings. The Hall–Kier alpha value is -7.11. The van der Waals surface area contributed by atoms with E-state index in [0.29, 0.717) is 30.5 Å². The Morgan fingerprint density at radius 2 is 1.53 bits per heavy atom. The lowest BCUT2D eigenvalue weighted by molar-refractivity contribution is -0.136. The van der Waals surface area contributed by atoms with Crippen LogP contribution in [0.3, 0.4) is 0 Å². The van der Waals surface area contributed by atoms with E-state index >= 15 is 4.39 Å². The number of nitrogens with one attached hydrogen (secondary N) is 3. The highest BCUT2D eigenvalue weighted by Gasteiger charge is 2.45. The number of imide groups is 2. The fourth-order valence-electron chi connectivity index (χ4n) is 9.88. The number of aryl methyl sites for hydroxylation is 1. The fourth-order valence-corrected chi connectivity index (χ4v) is 9.88. The van der Waals surface area contributed by atoms with Crippen LogP contribution in [-0.4, -0.2) is 116 Å². The van der Waals surface area contributed by atoms with Crippen molar-refractivity contribution in [1.29, 1.82) is 0 Å². The van der Waals surface area contributed by atoms with Crippen molar-refractivity contribution < 1.29 is 32.9 Å². The van der Waals surface area contributed by atoms with Crippen LogP contribution in [0.2, 0.25) is 0 Å². The van der Waals surface area contributed by atoms with Gasteiger partial charge in [0.2, 0.25) is 11.8 Å². The molecule has 350 valence electrons. The number of H-pyrrole nitrogens is 1. The molecule has 2 aromatic heterocycles. The van der Waals surface area contributed by atoms with Crippen molar-refractivity contribution in [2.45, 2.75) is 84.0 Å². The molecule has 10 rings (SSSR count). The molecule has 5 amide bonds. The molecule has 0 bridgehead atoms. The molecule has 4 aliphatic rings. The van der Waals surface area contributed by atoms with Crippen LogP contribution in [0, 0.1) is 12.7 Å². The number of carbonyl (C=O) groups is 5. The number of rotatable bonds is 10. The lowest BCUT2D eigenvalue weighted by atomic mass is 9.96. The maximum Gasteiger partial charge on any atom is 0.315 e. The third-order valence-corrected chi connectivity index (χ3v) is 13.9. The second-order valence-electron chi connectivity index (χ2n) is 19.3. The summed E-state index contributed by atoms with van der Waals surface area (Å²) >= 11 is 0. The largest absolute Gasteiger partial charge is 0.369 e. The first-order valence-electron chi connectivity index (χ1n) is 23.2. The van der Waals surface area contributed by atoms with Crippen molar-refractivity contribution in [1.82, 2.24) is 45.7 Å². The number of anilines is 1. The van der Waals surface area contributed by atoms with Crippen LogP contribution >= 0.6 is 0 Å². The van der Waals surface area contributed by atoms with E-state index in [1.807, 2.05) is 39.8 Å². The molecule has 0 radical (unpaired) electrons. The van der Waals surface area contributed by atoms with Crippen LogP contribution in [0.1, 0.15) is 100 Å². The van der Waals surface area contributed by atoms with E-state index < -0.39 is 41.4 Å². The molecule has 1 atom stereocenters. The Labute approximate surface area is 392 Å². The molecule has 1 unspecified atom stereocenters. The molecular formula is C51H53FN10O6. The van der Waals surface area contributed by atoms with E-state index in [0.717, 1.165) is 107 Å². The normalized spacial score (nSPS) is 18.7. The molecule has 4 aliphatic heterocycles. The maximum absolute atomic E-state index is 15.4. The van der Waals surface area contributed by atoms with Crippen LogP contribution < -0.4 is 15.5 Å². The fraction of sp³-hybridized carbons (Fsp3) is 0.373. The van der Waals surface area contributed by atoms with Gasteiger partial charge in [-0.2, -0.15) is 10.1 Å². The van der Waals surface area contributed by atoms with Crippen LogP contribution in [0.5, 0.6) is 0 Å². The van der Waals surface area contributed by atoms with Crippen LogP contribution in [0.4, 0.5) is 10.1 Å². The minimum Gasteiger partial charge on any atom is -0.369 e. The van der Waals surface area contributed by atoms with Gasteiger partial charge in [0.1, 0.15) is 11.9 Å². The number of piperidine rings is 2. The van der Waals surface area contributed by atoms with Gasteiger partial charge in [-0.1, -0.05) is 56.3 Å². The van der Waals surface area contributed by atoms with Crippen molar-refractivity contribution in [3.63, 3.8) is 0 Å². The van der Waals surface area contributed by atoms with Crippen LogP contribution in [-0.2, 0) is 28.1 Å². The van der Waals surface area contributed by atoms with Crippen LogP contribution in [0.25, 0.3) is 33.3 Å². The third-order valence-electron chi connectivity index (χ3n) is 13.9. The van der Waals surface area contributed by atoms with E-state index in [9.17, 15) is 24.0 Å². The molecule has 3 N–H and O–H groups in total. The van der Waals surface area contributed by atoms with Gasteiger partial charge in [-0.3, -0.25) is 49.1 Å². The minimum atomic E-state index is -1.09. The molecule has 6 heterocycles. The zero-order valence-electron chi connectivity index (χ0n) is 38.5. The molecule has 16 nitrogen and oxygen atoms in total. The molecule has 4 aromatic carbocycles. The summed E-state index contributed by atoms with van der Waals surface area (Å²) in [6, 6.07) is 23.1. The highest BCUT2D eigenvalue weighted by atomic mass is 19.1. The zero-order valence-corrected chi connectivity index (χ0v) is 38.5. The van der Waals surface area contributed by atoms with Gasteiger partial charge in [-0.25, -0.2) is 4.39 Å².